The molecule has 3 rings (SSSR count). The third kappa shape index (κ3) is 2.36. The molecule has 0 atom stereocenters. The lowest BCUT2D eigenvalue weighted by Gasteiger charge is -2.05. The molecule has 0 aliphatic carbocycles. The number of halogens is 3. The normalized spacial score (nSPS) is 11.1. The number of hydrogen-bond donors (Lipinski definition) is 1. The van der Waals surface area contributed by atoms with E-state index in [9.17, 15) is 4.39 Å². The van der Waals surface area contributed by atoms with E-state index in [4.69, 9.17) is 12.2 Å². The van der Waals surface area contributed by atoms with E-state index >= 15 is 0 Å². The largest absolute Gasteiger partial charge is 0.330 e. The van der Waals surface area contributed by atoms with Gasteiger partial charge in [-0.1, -0.05) is 15.9 Å². The van der Waals surface area contributed by atoms with Gasteiger partial charge in [-0.2, -0.15) is 0 Å². The number of hydrogen-bond acceptors (Lipinski definition) is 1. The molecule has 0 radical (unpaired) electrons. The fraction of sp³-hybridized carbons (Fsp3) is 0. The highest BCUT2D eigenvalue weighted by Crippen LogP contribution is 2.24. The zero-order valence-electron chi connectivity index (χ0n) is 9.45. The first-order chi connectivity index (χ1) is 9.06. The number of nitrogens with zero attached hydrogens (tertiary/aromatic N) is 1. The highest BCUT2D eigenvalue weighted by molar-refractivity contribution is 14.1. The van der Waals surface area contributed by atoms with Crippen molar-refractivity contribution in [3.63, 3.8) is 0 Å². The molecule has 19 heavy (non-hydrogen) atoms. The van der Waals surface area contributed by atoms with E-state index in [0.29, 0.717) is 8.34 Å². The Balaban J connectivity index is 2.34. The third-order valence-corrected chi connectivity index (χ3v) is 4.45. The molecule has 0 spiro atoms. The van der Waals surface area contributed by atoms with Gasteiger partial charge in [0.05, 0.1) is 14.6 Å². The Kier molecular flexibility index (Phi) is 3.48. The summed E-state index contributed by atoms with van der Waals surface area (Å²) in [5.41, 5.74) is 2.48. The molecule has 0 fully saturated rings. The summed E-state index contributed by atoms with van der Waals surface area (Å²) in [5.74, 6) is -0.243. The molecule has 1 N–H and O–H groups in total. The van der Waals surface area contributed by atoms with Gasteiger partial charge in [0, 0.05) is 16.2 Å². The monoisotopic (exact) mass is 448 g/mol. The minimum atomic E-state index is -0.243. The number of H-pyrrole nitrogens is 1. The van der Waals surface area contributed by atoms with Crippen LogP contribution >= 0.6 is 50.7 Å². The number of aromatic nitrogens is 2. The minimum absolute atomic E-state index is 0.243. The van der Waals surface area contributed by atoms with Gasteiger partial charge in [-0.25, -0.2) is 4.39 Å². The van der Waals surface area contributed by atoms with Crippen LogP contribution < -0.4 is 0 Å². The van der Waals surface area contributed by atoms with Crippen molar-refractivity contribution in [2.24, 2.45) is 0 Å². The molecule has 0 aliphatic heterocycles. The number of fused-ring (bicyclic) bond motifs is 1. The van der Waals surface area contributed by atoms with Crippen LogP contribution in [0.25, 0.3) is 16.7 Å². The summed E-state index contributed by atoms with van der Waals surface area (Å²) in [4.78, 5) is 3.10. The van der Waals surface area contributed by atoms with Crippen LogP contribution in [-0.2, 0) is 0 Å². The van der Waals surface area contributed by atoms with Crippen molar-refractivity contribution in [2.75, 3.05) is 0 Å². The van der Waals surface area contributed by atoms with Crippen LogP contribution in [0.1, 0.15) is 0 Å². The van der Waals surface area contributed by atoms with Crippen molar-refractivity contribution in [1.82, 2.24) is 9.55 Å². The van der Waals surface area contributed by atoms with Crippen molar-refractivity contribution in [3.05, 3.63) is 55.0 Å². The Hall–Kier alpha value is -0.730. The van der Waals surface area contributed by atoms with Gasteiger partial charge in [0.15, 0.2) is 4.77 Å². The molecule has 2 nitrogen and oxygen atoms in total. The summed E-state index contributed by atoms with van der Waals surface area (Å²) in [6.07, 6.45) is 0. The Morgan fingerprint density at radius 2 is 1.89 bits per heavy atom. The van der Waals surface area contributed by atoms with Crippen molar-refractivity contribution < 1.29 is 4.39 Å². The predicted molar refractivity (Wildman–Crippen MR) is 88.8 cm³/mol. The molecule has 0 saturated carbocycles. The van der Waals surface area contributed by atoms with Gasteiger partial charge < -0.3 is 4.98 Å². The molecule has 96 valence electrons. The van der Waals surface area contributed by atoms with E-state index < -0.39 is 0 Å². The standard InChI is InChI=1S/C13H7BrFIN2S/c14-7-1-3-8(4-2-7)18-12-5-9(15)10(16)6-11(12)17-13(18)19/h1-6H,(H,17,19). The van der Waals surface area contributed by atoms with Crippen LogP contribution in [0.2, 0.25) is 0 Å². The highest BCUT2D eigenvalue weighted by Gasteiger charge is 2.10. The topological polar surface area (TPSA) is 20.7 Å². The summed E-state index contributed by atoms with van der Waals surface area (Å²) in [6.45, 7) is 0. The zero-order chi connectivity index (χ0) is 13.6. The van der Waals surface area contributed by atoms with Crippen molar-refractivity contribution in [3.8, 4) is 5.69 Å². The second-order valence-electron chi connectivity index (χ2n) is 4.03. The number of benzene rings is 2. The summed E-state index contributed by atoms with van der Waals surface area (Å²) < 4.78 is 17.7. The maximum Gasteiger partial charge on any atom is 0.182 e. The molecule has 0 saturated heterocycles. The van der Waals surface area contributed by atoms with Gasteiger partial charge >= 0.3 is 0 Å². The van der Waals surface area contributed by atoms with Crippen LogP contribution in [0, 0.1) is 14.2 Å². The minimum Gasteiger partial charge on any atom is -0.330 e. The number of aromatic amines is 1. The highest BCUT2D eigenvalue weighted by atomic mass is 127. The summed E-state index contributed by atoms with van der Waals surface area (Å²) in [6, 6.07) is 11.0. The fourth-order valence-electron chi connectivity index (χ4n) is 1.95. The zero-order valence-corrected chi connectivity index (χ0v) is 14.0. The van der Waals surface area contributed by atoms with E-state index in [-0.39, 0.29) is 5.82 Å². The van der Waals surface area contributed by atoms with E-state index in [1.165, 1.54) is 6.07 Å². The second kappa shape index (κ2) is 4.99. The van der Waals surface area contributed by atoms with Crippen LogP contribution in [-0.4, -0.2) is 9.55 Å². The van der Waals surface area contributed by atoms with Crippen LogP contribution in [0.4, 0.5) is 4.39 Å². The Morgan fingerprint density at radius 1 is 1.21 bits per heavy atom. The number of rotatable bonds is 1. The summed E-state index contributed by atoms with van der Waals surface area (Å²) >= 11 is 10.7. The summed E-state index contributed by atoms with van der Waals surface area (Å²) in [5, 5.41) is 0. The first-order valence-corrected chi connectivity index (χ1v) is 7.70. The van der Waals surface area contributed by atoms with Crippen molar-refractivity contribution >= 4 is 61.8 Å². The molecule has 3 aromatic rings. The molecular formula is C13H7BrFIN2S. The predicted octanol–water partition coefficient (Wildman–Crippen LogP) is 5.19. The fourth-order valence-corrected chi connectivity index (χ4v) is 2.99. The third-order valence-electron chi connectivity index (χ3n) is 2.81. The first kappa shape index (κ1) is 13.3. The van der Waals surface area contributed by atoms with Gasteiger partial charge in [0.2, 0.25) is 0 Å². The van der Waals surface area contributed by atoms with Gasteiger partial charge in [-0.15, -0.1) is 0 Å². The average molecular weight is 449 g/mol. The van der Waals surface area contributed by atoms with Crippen LogP contribution in [0.3, 0.4) is 0 Å². The Bertz CT molecular complexity index is 823. The maximum atomic E-state index is 13.7. The van der Waals surface area contributed by atoms with Gasteiger partial charge in [0.1, 0.15) is 5.82 Å². The summed E-state index contributed by atoms with van der Waals surface area (Å²) in [7, 11) is 0. The lowest BCUT2D eigenvalue weighted by atomic mass is 10.3. The quantitative estimate of drug-likeness (QED) is 0.401. The van der Waals surface area contributed by atoms with E-state index in [1.807, 2.05) is 51.4 Å². The lowest BCUT2D eigenvalue weighted by Crippen LogP contribution is -1.94. The first-order valence-electron chi connectivity index (χ1n) is 5.42. The van der Waals surface area contributed by atoms with Gasteiger partial charge in [-0.3, -0.25) is 4.57 Å². The van der Waals surface area contributed by atoms with Gasteiger partial charge in [-0.05, 0) is 65.1 Å². The van der Waals surface area contributed by atoms with E-state index in [1.54, 1.807) is 6.07 Å². The van der Waals surface area contributed by atoms with Crippen molar-refractivity contribution in [2.45, 2.75) is 0 Å². The van der Waals surface area contributed by atoms with Crippen molar-refractivity contribution in [1.29, 1.82) is 0 Å². The van der Waals surface area contributed by atoms with E-state index in [0.717, 1.165) is 21.2 Å². The molecular weight excluding hydrogens is 442 g/mol. The van der Waals surface area contributed by atoms with Gasteiger partial charge in [0.25, 0.3) is 0 Å². The molecule has 2 aromatic carbocycles. The molecule has 0 amide bonds. The molecule has 1 aromatic heterocycles. The second-order valence-corrected chi connectivity index (χ2v) is 6.49. The molecule has 6 heteroatoms. The average Bonchev–Trinajstić information content (AvgIpc) is 2.67. The lowest BCUT2D eigenvalue weighted by molar-refractivity contribution is 0.622. The molecule has 0 bridgehead atoms. The number of imidazole rings is 1. The SMILES string of the molecule is Fc1cc2c(cc1I)[nH]c(=S)n2-c1ccc(Br)cc1. The van der Waals surface area contributed by atoms with Crippen LogP contribution in [0.5, 0.6) is 0 Å². The smallest absolute Gasteiger partial charge is 0.182 e. The molecule has 0 aliphatic rings. The molecule has 1 heterocycles. The van der Waals surface area contributed by atoms with E-state index in [2.05, 4.69) is 20.9 Å². The Morgan fingerprint density at radius 3 is 2.58 bits per heavy atom. The molecule has 0 unspecified atom stereocenters. The Labute approximate surface area is 135 Å². The maximum absolute atomic E-state index is 13.7. The number of nitrogens with one attached hydrogen (secondary N) is 1. The van der Waals surface area contributed by atoms with Crippen LogP contribution in [0.15, 0.2) is 40.9 Å².